The zero-order chi connectivity index (χ0) is 15.1. The fourth-order valence-corrected chi connectivity index (χ4v) is 2.78. The van der Waals surface area contributed by atoms with Crippen molar-refractivity contribution >= 4 is 0 Å². The fraction of sp³-hybridized carbons (Fsp3) is 0.625. The summed E-state index contributed by atoms with van der Waals surface area (Å²) in [7, 11) is 3.76. The van der Waals surface area contributed by atoms with Crippen molar-refractivity contribution in [3.63, 3.8) is 0 Å². The minimum Gasteiger partial charge on any atom is -0.497 e. The highest BCUT2D eigenvalue weighted by molar-refractivity contribution is 5.29. The van der Waals surface area contributed by atoms with Crippen LogP contribution >= 0.6 is 0 Å². The van der Waals surface area contributed by atoms with Gasteiger partial charge in [-0.25, -0.2) is 0 Å². The summed E-state index contributed by atoms with van der Waals surface area (Å²) in [5.41, 5.74) is 1.27. The molecule has 0 aliphatic carbocycles. The third-order valence-corrected chi connectivity index (χ3v) is 4.13. The molecule has 1 fully saturated rings. The fourth-order valence-electron chi connectivity index (χ4n) is 2.78. The van der Waals surface area contributed by atoms with Crippen molar-refractivity contribution in [2.45, 2.75) is 6.04 Å². The molecule has 0 radical (unpaired) electrons. The van der Waals surface area contributed by atoms with E-state index in [2.05, 4.69) is 34.3 Å². The molecule has 0 spiro atoms. The summed E-state index contributed by atoms with van der Waals surface area (Å²) >= 11 is 0. The van der Waals surface area contributed by atoms with Crippen LogP contribution in [0.25, 0.3) is 0 Å². The van der Waals surface area contributed by atoms with Crippen molar-refractivity contribution in [2.75, 3.05) is 60.0 Å². The number of piperazine rings is 1. The number of ether oxygens (including phenoxy) is 1. The van der Waals surface area contributed by atoms with Crippen LogP contribution in [0.3, 0.4) is 0 Å². The van der Waals surface area contributed by atoms with Gasteiger partial charge < -0.3 is 15.2 Å². The molecule has 1 aliphatic heterocycles. The summed E-state index contributed by atoms with van der Waals surface area (Å²) in [6.45, 7) is 6.13. The highest BCUT2D eigenvalue weighted by Gasteiger charge is 2.21. The number of nitrogens with one attached hydrogen (secondary N) is 1. The number of rotatable bonds is 7. The van der Waals surface area contributed by atoms with Gasteiger partial charge in [-0.3, -0.25) is 9.80 Å². The Morgan fingerprint density at radius 2 is 1.95 bits per heavy atom. The number of hydrogen-bond donors (Lipinski definition) is 2. The topological polar surface area (TPSA) is 48.0 Å². The summed E-state index contributed by atoms with van der Waals surface area (Å²) in [6, 6.07) is 8.56. The van der Waals surface area contributed by atoms with Crippen LogP contribution in [0.4, 0.5) is 0 Å². The molecule has 1 heterocycles. The Kier molecular flexibility index (Phi) is 6.45. The first-order chi connectivity index (χ1) is 10.2. The van der Waals surface area contributed by atoms with Crippen molar-refractivity contribution in [3.8, 4) is 5.75 Å². The number of aliphatic hydroxyl groups excluding tert-OH is 1. The van der Waals surface area contributed by atoms with E-state index in [9.17, 15) is 5.11 Å². The van der Waals surface area contributed by atoms with E-state index in [0.717, 1.165) is 38.5 Å². The lowest BCUT2D eigenvalue weighted by molar-refractivity contribution is 0.130. The molecule has 1 aliphatic rings. The van der Waals surface area contributed by atoms with Crippen LogP contribution in [0.5, 0.6) is 5.75 Å². The Balaban J connectivity index is 2.09. The third-order valence-electron chi connectivity index (χ3n) is 4.13. The minimum atomic E-state index is 0.185. The van der Waals surface area contributed by atoms with E-state index in [1.165, 1.54) is 5.56 Å². The van der Waals surface area contributed by atoms with E-state index < -0.39 is 0 Å². The molecule has 0 saturated carbocycles. The van der Waals surface area contributed by atoms with Crippen molar-refractivity contribution in [1.82, 2.24) is 15.1 Å². The molecular weight excluding hydrogens is 266 g/mol. The first-order valence-electron chi connectivity index (χ1n) is 7.62. The molecule has 2 N–H and O–H groups in total. The van der Waals surface area contributed by atoms with Crippen LogP contribution in [-0.4, -0.2) is 74.9 Å². The van der Waals surface area contributed by atoms with E-state index in [0.29, 0.717) is 12.6 Å². The zero-order valence-electron chi connectivity index (χ0n) is 13.1. The van der Waals surface area contributed by atoms with Gasteiger partial charge >= 0.3 is 0 Å². The van der Waals surface area contributed by atoms with Crippen molar-refractivity contribution < 1.29 is 9.84 Å². The van der Waals surface area contributed by atoms with E-state index in [1.807, 2.05) is 12.1 Å². The molecule has 1 saturated heterocycles. The number of methoxy groups -OCH3 is 1. The molecule has 21 heavy (non-hydrogen) atoms. The maximum absolute atomic E-state index is 9.24. The average Bonchev–Trinajstić information content (AvgIpc) is 2.54. The van der Waals surface area contributed by atoms with Crippen molar-refractivity contribution in [3.05, 3.63) is 29.8 Å². The predicted octanol–water partition coefficient (Wildman–Crippen LogP) is 0.566. The Labute approximate surface area is 127 Å². The van der Waals surface area contributed by atoms with Gasteiger partial charge in [-0.15, -0.1) is 0 Å². The Hall–Kier alpha value is -1.14. The van der Waals surface area contributed by atoms with Gasteiger partial charge in [0.15, 0.2) is 0 Å². The number of hydrogen-bond acceptors (Lipinski definition) is 5. The van der Waals surface area contributed by atoms with Crippen LogP contribution < -0.4 is 10.1 Å². The number of nitrogens with zero attached hydrogens (tertiary/aromatic N) is 2. The van der Waals surface area contributed by atoms with Gasteiger partial charge in [0.25, 0.3) is 0 Å². The first-order valence-corrected chi connectivity index (χ1v) is 7.62. The average molecular weight is 293 g/mol. The first kappa shape index (κ1) is 16.2. The quantitative estimate of drug-likeness (QED) is 0.769. The maximum atomic E-state index is 9.24. The summed E-state index contributed by atoms with van der Waals surface area (Å²) in [4.78, 5) is 4.71. The zero-order valence-corrected chi connectivity index (χ0v) is 13.1. The van der Waals surface area contributed by atoms with Crippen molar-refractivity contribution in [2.24, 2.45) is 0 Å². The number of benzene rings is 1. The monoisotopic (exact) mass is 293 g/mol. The van der Waals surface area contributed by atoms with Crippen LogP contribution in [-0.2, 0) is 0 Å². The van der Waals surface area contributed by atoms with E-state index in [-0.39, 0.29) is 6.61 Å². The van der Waals surface area contributed by atoms with Gasteiger partial charge in [0, 0.05) is 45.3 Å². The van der Waals surface area contributed by atoms with Crippen LogP contribution in [0.2, 0.25) is 0 Å². The summed E-state index contributed by atoms with van der Waals surface area (Å²) in [5.74, 6) is 0.879. The normalized spacial score (nSPS) is 17.9. The molecular formula is C16H27N3O2. The summed E-state index contributed by atoms with van der Waals surface area (Å²) < 4.78 is 5.23. The second kappa shape index (κ2) is 8.34. The molecule has 0 bridgehead atoms. The van der Waals surface area contributed by atoms with Gasteiger partial charge in [0.05, 0.1) is 13.7 Å². The standard InChI is InChI=1S/C16H27N3O2/c1-18(11-12-20)16(13-19-9-7-17-8-10-19)14-3-5-15(21-2)6-4-14/h3-6,16-17,20H,7-13H2,1-2H3. The van der Waals surface area contributed by atoms with Gasteiger partial charge in [-0.1, -0.05) is 12.1 Å². The van der Waals surface area contributed by atoms with Gasteiger partial charge in [0.1, 0.15) is 5.75 Å². The maximum Gasteiger partial charge on any atom is 0.118 e. The molecule has 2 rings (SSSR count). The van der Waals surface area contributed by atoms with Gasteiger partial charge in [-0.05, 0) is 24.7 Å². The smallest absolute Gasteiger partial charge is 0.118 e. The molecule has 1 atom stereocenters. The van der Waals surface area contributed by atoms with E-state index >= 15 is 0 Å². The lowest BCUT2D eigenvalue weighted by atomic mass is 10.0. The molecule has 1 aromatic rings. The van der Waals surface area contributed by atoms with Gasteiger partial charge in [0.2, 0.25) is 0 Å². The Morgan fingerprint density at radius 3 is 2.52 bits per heavy atom. The Bertz CT molecular complexity index is 404. The molecule has 0 amide bonds. The molecule has 118 valence electrons. The summed E-state index contributed by atoms with van der Waals surface area (Å²) in [5, 5.41) is 12.6. The van der Waals surface area contributed by atoms with Crippen LogP contribution in [0, 0.1) is 0 Å². The molecule has 0 aromatic heterocycles. The molecule has 5 heteroatoms. The number of likely N-dealkylation sites (N-methyl/N-ethyl adjacent to an activating group) is 1. The minimum absolute atomic E-state index is 0.185. The lowest BCUT2D eigenvalue weighted by Gasteiger charge is -2.35. The largest absolute Gasteiger partial charge is 0.497 e. The third kappa shape index (κ3) is 4.68. The van der Waals surface area contributed by atoms with E-state index in [1.54, 1.807) is 7.11 Å². The predicted molar refractivity (Wildman–Crippen MR) is 84.8 cm³/mol. The van der Waals surface area contributed by atoms with E-state index in [4.69, 9.17) is 4.74 Å². The highest BCUT2D eigenvalue weighted by Crippen LogP contribution is 2.23. The number of aliphatic hydroxyl groups is 1. The molecule has 1 aromatic carbocycles. The van der Waals surface area contributed by atoms with Gasteiger partial charge in [-0.2, -0.15) is 0 Å². The second-order valence-corrected chi connectivity index (χ2v) is 5.54. The Morgan fingerprint density at radius 1 is 1.29 bits per heavy atom. The lowest BCUT2D eigenvalue weighted by Crippen LogP contribution is -2.47. The highest BCUT2D eigenvalue weighted by atomic mass is 16.5. The second-order valence-electron chi connectivity index (χ2n) is 5.54. The van der Waals surface area contributed by atoms with Crippen LogP contribution in [0.1, 0.15) is 11.6 Å². The van der Waals surface area contributed by atoms with Crippen LogP contribution in [0.15, 0.2) is 24.3 Å². The molecule has 5 nitrogen and oxygen atoms in total. The SMILES string of the molecule is COc1ccc(C(CN2CCNCC2)N(C)CCO)cc1. The summed E-state index contributed by atoms with van der Waals surface area (Å²) in [6.07, 6.45) is 0. The molecule has 1 unspecified atom stereocenters. The van der Waals surface area contributed by atoms with Crippen molar-refractivity contribution in [1.29, 1.82) is 0 Å².